The van der Waals surface area contributed by atoms with Crippen LogP contribution in [0.3, 0.4) is 0 Å². The van der Waals surface area contributed by atoms with E-state index in [1.807, 2.05) is 25.1 Å². The first kappa shape index (κ1) is 13.1. The van der Waals surface area contributed by atoms with Gasteiger partial charge in [0.2, 0.25) is 11.7 Å². The van der Waals surface area contributed by atoms with Gasteiger partial charge in [-0.1, -0.05) is 5.16 Å². The molecule has 2 heterocycles. The first-order chi connectivity index (χ1) is 9.78. The fourth-order valence-electron chi connectivity index (χ4n) is 2.60. The van der Waals surface area contributed by atoms with Gasteiger partial charge in [0.15, 0.2) is 0 Å². The van der Waals surface area contributed by atoms with E-state index in [2.05, 4.69) is 15.5 Å². The maximum Gasteiger partial charge on any atom is 0.230 e. The summed E-state index contributed by atoms with van der Waals surface area (Å²) in [5.41, 5.74) is 2.03. The van der Waals surface area contributed by atoms with E-state index in [-0.39, 0.29) is 0 Å². The number of nitrogens with zero attached hydrogens (tertiary/aromatic N) is 2. The number of aryl methyl sites for hydroxylation is 1. The van der Waals surface area contributed by atoms with E-state index in [1.165, 1.54) is 0 Å². The molecule has 20 heavy (non-hydrogen) atoms. The molecule has 1 fully saturated rings. The van der Waals surface area contributed by atoms with Gasteiger partial charge in [-0.2, -0.15) is 4.98 Å². The molecule has 0 unspecified atom stereocenters. The summed E-state index contributed by atoms with van der Waals surface area (Å²) in [5, 5.41) is 7.45. The minimum absolute atomic E-state index is 0.386. The summed E-state index contributed by atoms with van der Waals surface area (Å²) >= 11 is 0. The van der Waals surface area contributed by atoms with Gasteiger partial charge in [0.25, 0.3) is 0 Å². The van der Waals surface area contributed by atoms with Crippen LogP contribution in [-0.4, -0.2) is 30.3 Å². The Bertz CT molecular complexity index is 589. The van der Waals surface area contributed by atoms with Crippen LogP contribution in [0, 0.1) is 6.92 Å². The lowest BCUT2D eigenvalue weighted by molar-refractivity contribution is 0.320. The molecular formula is C15H19N3O2. The Morgan fingerprint density at radius 1 is 1.30 bits per heavy atom. The highest BCUT2D eigenvalue weighted by Gasteiger charge is 2.21. The second kappa shape index (κ2) is 5.63. The number of nitrogens with one attached hydrogen (secondary N) is 1. The smallest absolute Gasteiger partial charge is 0.230 e. The minimum Gasteiger partial charge on any atom is -0.496 e. The monoisotopic (exact) mass is 273 g/mol. The molecule has 3 rings (SSSR count). The summed E-state index contributed by atoms with van der Waals surface area (Å²) in [6.07, 6.45) is 2.12. The van der Waals surface area contributed by atoms with E-state index >= 15 is 0 Å². The van der Waals surface area contributed by atoms with Crippen molar-refractivity contribution < 1.29 is 9.26 Å². The molecule has 1 saturated heterocycles. The second-order valence-corrected chi connectivity index (χ2v) is 5.16. The van der Waals surface area contributed by atoms with Gasteiger partial charge in [0.05, 0.1) is 7.11 Å². The van der Waals surface area contributed by atoms with Gasteiger partial charge in [0.1, 0.15) is 5.75 Å². The number of hydrogen-bond donors (Lipinski definition) is 1. The third kappa shape index (κ3) is 2.54. The Balaban J connectivity index is 1.84. The molecule has 0 aliphatic carbocycles. The van der Waals surface area contributed by atoms with Gasteiger partial charge in [-0.25, -0.2) is 0 Å². The maximum absolute atomic E-state index is 5.43. The maximum atomic E-state index is 5.43. The number of aromatic nitrogens is 2. The number of rotatable bonds is 3. The average molecular weight is 273 g/mol. The van der Waals surface area contributed by atoms with E-state index in [9.17, 15) is 0 Å². The van der Waals surface area contributed by atoms with Crippen LogP contribution in [0.2, 0.25) is 0 Å². The van der Waals surface area contributed by atoms with Gasteiger partial charge in [-0.3, -0.25) is 0 Å². The summed E-state index contributed by atoms with van der Waals surface area (Å²) in [6.45, 7) is 4.05. The van der Waals surface area contributed by atoms with Crippen LogP contribution in [0.25, 0.3) is 11.4 Å². The molecule has 2 aromatic rings. The van der Waals surface area contributed by atoms with Crippen molar-refractivity contribution in [2.45, 2.75) is 25.7 Å². The summed E-state index contributed by atoms with van der Waals surface area (Å²) in [6, 6.07) is 5.92. The molecule has 1 N–H and O–H groups in total. The highest BCUT2D eigenvalue weighted by molar-refractivity contribution is 5.58. The fraction of sp³-hybridized carbons (Fsp3) is 0.467. The van der Waals surface area contributed by atoms with E-state index in [0.717, 1.165) is 48.7 Å². The Hall–Kier alpha value is -1.88. The normalized spacial score (nSPS) is 16.3. The molecule has 0 bridgehead atoms. The zero-order valence-electron chi connectivity index (χ0n) is 11.8. The Kier molecular flexibility index (Phi) is 3.69. The van der Waals surface area contributed by atoms with Crippen LogP contribution in [0.15, 0.2) is 22.7 Å². The highest BCUT2D eigenvalue weighted by atomic mass is 16.5. The number of ether oxygens (including phenoxy) is 1. The average Bonchev–Trinajstić information content (AvgIpc) is 2.98. The van der Waals surface area contributed by atoms with Crippen molar-refractivity contribution in [3.63, 3.8) is 0 Å². The van der Waals surface area contributed by atoms with E-state index in [4.69, 9.17) is 9.26 Å². The van der Waals surface area contributed by atoms with E-state index in [0.29, 0.717) is 11.7 Å². The molecule has 0 amide bonds. The lowest BCUT2D eigenvalue weighted by Gasteiger charge is -2.18. The number of piperidine rings is 1. The van der Waals surface area contributed by atoms with Crippen molar-refractivity contribution >= 4 is 0 Å². The van der Waals surface area contributed by atoms with Gasteiger partial charge >= 0.3 is 0 Å². The number of benzene rings is 1. The van der Waals surface area contributed by atoms with Gasteiger partial charge < -0.3 is 14.6 Å². The first-order valence-corrected chi connectivity index (χ1v) is 6.97. The second-order valence-electron chi connectivity index (χ2n) is 5.16. The third-order valence-electron chi connectivity index (χ3n) is 3.78. The summed E-state index contributed by atoms with van der Waals surface area (Å²) < 4.78 is 10.7. The SMILES string of the molecule is COc1ccc(-c2noc(C3CCNCC3)n2)cc1C. The van der Waals surface area contributed by atoms with Crippen molar-refractivity contribution in [1.29, 1.82) is 0 Å². The van der Waals surface area contributed by atoms with Crippen molar-refractivity contribution in [2.24, 2.45) is 0 Å². The van der Waals surface area contributed by atoms with Crippen LogP contribution in [0.1, 0.15) is 30.2 Å². The lowest BCUT2D eigenvalue weighted by atomic mass is 9.98. The van der Waals surface area contributed by atoms with E-state index < -0.39 is 0 Å². The van der Waals surface area contributed by atoms with E-state index in [1.54, 1.807) is 7.11 Å². The number of methoxy groups -OCH3 is 1. The van der Waals surface area contributed by atoms with Crippen LogP contribution >= 0.6 is 0 Å². The van der Waals surface area contributed by atoms with Crippen LogP contribution in [0.4, 0.5) is 0 Å². The molecule has 1 aliphatic rings. The van der Waals surface area contributed by atoms with Crippen molar-refractivity contribution in [3.8, 4) is 17.1 Å². The topological polar surface area (TPSA) is 60.2 Å². The van der Waals surface area contributed by atoms with Crippen molar-refractivity contribution in [2.75, 3.05) is 20.2 Å². The van der Waals surface area contributed by atoms with Gasteiger partial charge in [0, 0.05) is 11.5 Å². The predicted octanol–water partition coefficient (Wildman–Crippen LogP) is 2.52. The van der Waals surface area contributed by atoms with Crippen LogP contribution in [-0.2, 0) is 0 Å². The third-order valence-corrected chi connectivity index (χ3v) is 3.78. The molecule has 106 valence electrons. The quantitative estimate of drug-likeness (QED) is 0.931. The zero-order valence-corrected chi connectivity index (χ0v) is 11.8. The number of hydrogen-bond acceptors (Lipinski definition) is 5. The molecule has 5 nitrogen and oxygen atoms in total. The van der Waals surface area contributed by atoms with Crippen LogP contribution < -0.4 is 10.1 Å². The molecule has 1 aromatic heterocycles. The Labute approximate surface area is 118 Å². The summed E-state index contributed by atoms with van der Waals surface area (Å²) in [7, 11) is 1.67. The largest absolute Gasteiger partial charge is 0.496 e. The zero-order chi connectivity index (χ0) is 13.9. The lowest BCUT2D eigenvalue weighted by Crippen LogP contribution is -2.26. The molecule has 1 aromatic carbocycles. The summed E-state index contributed by atoms with van der Waals surface area (Å²) in [4.78, 5) is 4.55. The molecule has 0 saturated carbocycles. The molecule has 0 spiro atoms. The molecule has 0 atom stereocenters. The molecule has 1 aliphatic heterocycles. The highest BCUT2D eigenvalue weighted by Crippen LogP contribution is 2.28. The Morgan fingerprint density at radius 2 is 2.10 bits per heavy atom. The van der Waals surface area contributed by atoms with Gasteiger partial charge in [-0.15, -0.1) is 0 Å². The standard InChI is InChI=1S/C15H19N3O2/c1-10-9-12(3-4-13(10)19-2)14-17-15(20-18-14)11-5-7-16-8-6-11/h3-4,9,11,16H,5-8H2,1-2H3. The molecule has 0 radical (unpaired) electrons. The Morgan fingerprint density at radius 3 is 2.80 bits per heavy atom. The van der Waals surface area contributed by atoms with Crippen molar-refractivity contribution in [1.82, 2.24) is 15.5 Å². The summed E-state index contributed by atoms with van der Waals surface area (Å²) in [5.74, 6) is 2.67. The fourth-order valence-corrected chi connectivity index (χ4v) is 2.60. The minimum atomic E-state index is 0.386. The van der Waals surface area contributed by atoms with Crippen LogP contribution in [0.5, 0.6) is 5.75 Å². The van der Waals surface area contributed by atoms with Gasteiger partial charge in [-0.05, 0) is 56.6 Å². The van der Waals surface area contributed by atoms with Crippen molar-refractivity contribution in [3.05, 3.63) is 29.7 Å². The predicted molar refractivity (Wildman–Crippen MR) is 75.9 cm³/mol. The molecular weight excluding hydrogens is 254 g/mol. The molecule has 5 heteroatoms. The first-order valence-electron chi connectivity index (χ1n) is 6.97.